The van der Waals surface area contributed by atoms with Crippen molar-refractivity contribution in [3.8, 4) is 0 Å². The minimum Gasteiger partial charge on any atom is -0.395 e. The third-order valence-electron chi connectivity index (χ3n) is 1.19. The Labute approximate surface area is 75.1 Å². The first kappa shape index (κ1) is 11.7. The van der Waals surface area contributed by atoms with E-state index in [0.717, 1.165) is 0 Å². The molecule has 0 spiro atoms. The normalized spacial score (nSPS) is 11.1. The fourth-order valence-electron chi connectivity index (χ4n) is 0.792. The molecule has 0 rings (SSSR count). The van der Waals surface area contributed by atoms with E-state index in [1.54, 1.807) is 0 Å². The number of hydrogen-bond acceptors (Lipinski definition) is 3. The van der Waals surface area contributed by atoms with Crippen molar-refractivity contribution in [2.45, 2.75) is 6.43 Å². The van der Waals surface area contributed by atoms with Crippen molar-refractivity contribution < 1.29 is 13.9 Å². The number of nitrogens with zero attached hydrogens (tertiary/aromatic N) is 1. The van der Waals surface area contributed by atoms with Crippen LogP contribution in [0.5, 0.6) is 0 Å². The number of alkyl halides is 2. The molecule has 0 aromatic carbocycles. The average Bonchev–Trinajstić information content (AvgIpc) is 1.84. The van der Waals surface area contributed by atoms with E-state index in [0.29, 0.717) is 0 Å². The minimum atomic E-state index is -2.43. The van der Waals surface area contributed by atoms with Crippen molar-refractivity contribution in [1.82, 2.24) is 4.90 Å². The zero-order valence-corrected chi connectivity index (χ0v) is 7.36. The maximum absolute atomic E-state index is 11.9. The van der Waals surface area contributed by atoms with Gasteiger partial charge in [0, 0.05) is 13.1 Å². The Morgan fingerprint density at radius 1 is 1.58 bits per heavy atom. The highest BCUT2D eigenvalue weighted by Gasteiger charge is 2.11. The summed E-state index contributed by atoms with van der Waals surface area (Å²) in [7, 11) is 0. The van der Waals surface area contributed by atoms with Gasteiger partial charge < -0.3 is 10.8 Å². The van der Waals surface area contributed by atoms with Crippen molar-refractivity contribution in [3.05, 3.63) is 0 Å². The lowest BCUT2D eigenvalue weighted by Gasteiger charge is -2.19. The molecule has 3 N–H and O–H groups in total. The zero-order valence-electron chi connectivity index (χ0n) is 6.54. The molecule has 0 aromatic rings. The van der Waals surface area contributed by atoms with Crippen LogP contribution in [-0.2, 0) is 0 Å². The van der Waals surface area contributed by atoms with Gasteiger partial charge in [-0.25, -0.2) is 8.78 Å². The fourth-order valence-corrected chi connectivity index (χ4v) is 0.974. The van der Waals surface area contributed by atoms with Crippen LogP contribution in [0.1, 0.15) is 0 Å². The second kappa shape index (κ2) is 6.22. The molecule has 72 valence electrons. The second-order valence-electron chi connectivity index (χ2n) is 2.32. The largest absolute Gasteiger partial charge is 0.395 e. The first-order valence-corrected chi connectivity index (χ1v) is 3.86. The Balaban J connectivity index is 3.77. The first-order valence-electron chi connectivity index (χ1n) is 3.46. The molecule has 0 aliphatic carbocycles. The molecule has 0 aliphatic heterocycles. The summed E-state index contributed by atoms with van der Waals surface area (Å²) >= 11 is 4.55. The lowest BCUT2D eigenvalue weighted by Crippen LogP contribution is -2.37. The van der Waals surface area contributed by atoms with Gasteiger partial charge in [0.05, 0.1) is 18.1 Å². The Bertz CT molecular complexity index is 146. The lowest BCUT2D eigenvalue weighted by atomic mass is 10.4. The van der Waals surface area contributed by atoms with Crippen LogP contribution in [0.2, 0.25) is 0 Å². The number of hydrogen-bond donors (Lipinski definition) is 2. The third kappa shape index (κ3) is 6.38. The summed E-state index contributed by atoms with van der Waals surface area (Å²) in [5.74, 6) is 0. The molecule has 0 fully saturated rings. The van der Waals surface area contributed by atoms with E-state index in [4.69, 9.17) is 10.8 Å². The number of thiocarbonyl (C=S) groups is 1. The summed E-state index contributed by atoms with van der Waals surface area (Å²) in [5.41, 5.74) is 5.16. The molecule has 0 amide bonds. The van der Waals surface area contributed by atoms with Crippen molar-refractivity contribution in [2.24, 2.45) is 5.73 Å². The molecule has 0 radical (unpaired) electrons. The topological polar surface area (TPSA) is 49.5 Å². The van der Waals surface area contributed by atoms with Crippen LogP contribution < -0.4 is 5.73 Å². The zero-order chi connectivity index (χ0) is 9.56. The first-order chi connectivity index (χ1) is 5.56. The maximum Gasteiger partial charge on any atom is 0.251 e. The highest BCUT2D eigenvalue weighted by molar-refractivity contribution is 7.80. The van der Waals surface area contributed by atoms with Crippen LogP contribution in [0.25, 0.3) is 0 Å². The highest BCUT2D eigenvalue weighted by Crippen LogP contribution is 1.97. The Kier molecular flexibility index (Phi) is 6.04. The molecular weight excluding hydrogens is 186 g/mol. The molecule has 0 unspecified atom stereocenters. The molecule has 0 aromatic heterocycles. The number of aliphatic hydroxyl groups is 1. The standard InChI is InChI=1S/C6H12F2N2OS/c7-5(8)3-10(1-2-11)4-6(9)12/h5,11H,1-4H2,(H2,9,12). The summed E-state index contributed by atoms with van der Waals surface area (Å²) in [6.45, 7) is -0.283. The second-order valence-corrected chi connectivity index (χ2v) is 2.84. The molecule has 12 heavy (non-hydrogen) atoms. The van der Waals surface area contributed by atoms with E-state index < -0.39 is 13.0 Å². The lowest BCUT2D eigenvalue weighted by molar-refractivity contribution is 0.0865. The summed E-state index contributed by atoms with van der Waals surface area (Å²) in [4.78, 5) is 1.47. The molecule has 0 saturated heterocycles. The van der Waals surface area contributed by atoms with Gasteiger partial charge in [-0.05, 0) is 0 Å². The van der Waals surface area contributed by atoms with E-state index >= 15 is 0 Å². The molecule has 0 aliphatic rings. The third-order valence-corrected chi connectivity index (χ3v) is 1.32. The van der Waals surface area contributed by atoms with Gasteiger partial charge in [0.2, 0.25) is 0 Å². The highest BCUT2D eigenvalue weighted by atomic mass is 32.1. The summed E-state index contributed by atoms with van der Waals surface area (Å²) < 4.78 is 23.7. The smallest absolute Gasteiger partial charge is 0.251 e. The van der Waals surface area contributed by atoms with E-state index in [1.807, 2.05) is 0 Å². The predicted octanol–water partition coefficient (Wildman–Crippen LogP) is -0.168. The number of aliphatic hydroxyl groups excluding tert-OH is 1. The molecule has 0 bridgehead atoms. The number of halogens is 2. The maximum atomic E-state index is 11.9. The van der Waals surface area contributed by atoms with Gasteiger partial charge in [-0.2, -0.15) is 0 Å². The van der Waals surface area contributed by atoms with Crippen LogP contribution in [0.3, 0.4) is 0 Å². The van der Waals surface area contributed by atoms with Gasteiger partial charge in [0.25, 0.3) is 6.43 Å². The molecule has 3 nitrogen and oxygen atoms in total. The fraction of sp³-hybridized carbons (Fsp3) is 0.833. The SMILES string of the molecule is NC(=S)CN(CCO)CC(F)F. The van der Waals surface area contributed by atoms with E-state index in [1.165, 1.54) is 4.90 Å². The van der Waals surface area contributed by atoms with Gasteiger partial charge in [0.15, 0.2) is 0 Å². The summed E-state index contributed by atoms with van der Waals surface area (Å²) in [6.07, 6.45) is -2.43. The van der Waals surface area contributed by atoms with Crippen LogP contribution >= 0.6 is 12.2 Å². The van der Waals surface area contributed by atoms with Gasteiger partial charge in [0.1, 0.15) is 0 Å². The van der Waals surface area contributed by atoms with Crippen LogP contribution in [0.15, 0.2) is 0 Å². The van der Waals surface area contributed by atoms with Crippen molar-refractivity contribution >= 4 is 17.2 Å². The molecule has 0 heterocycles. The molecule has 0 atom stereocenters. The Hall–Kier alpha value is -0.330. The van der Waals surface area contributed by atoms with E-state index in [9.17, 15) is 8.78 Å². The summed E-state index contributed by atoms with van der Waals surface area (Å²) in [6, 6.07) is 0. The minimum absolute atomic E-state index is 0.125. The van der Waals surface area contributed by atoms with Crippen LogP contribution in [0.4, 0.5) is 8.78 Å². The average molecular weight is 198 g/mol. The van der Waals surface area contributed by atoms with Gasteiger partial charge in [-0.3, -0.25) is 4.90 Å². The summed E-state index contributed by atoms with van der Waals surface area (Å²) in [5, 5.41) is 8.49. The van der Waals surface area contributed by atoms with Crippen molar-refractivity contribution in [2.75, 3.05) is 26.2 Å². The quantitative estimate of drug-likeness (QED) is 0.582. The van der Waals surface area contributed by atoms with Gasteiger partial charge >= 0.3 is 0 Å². The predicted molar refractivity (Wildman–Crippen MR) is 46.3 cm³/mol. The monoisotopic (exact) mass is 198 g/mol. The van der Waals surface area contributed by atoms with Crippen molar-refractivity contribution in [3.63, 3.8) is 0 Å². The van der Waals surface area contributed by atoms with Gasteiger partial charge in [-0.15, -0.1) is 0 Å². The Morgan fingerprint density at radius 2 is 2.17 bits per heavy atom. The van der Waals surface area contributed by atoms with Crippen LogP contribution in [0, 0.1) is 0 Å². The number of nitrogens with two attached hydrogens (primary N) is 1. The molecule has 6 heteroatoms. The van der Waals surface area contributed by atoms with E-state index in [2.05, 4.69) is 12.2 Å². The van der Waals surface area contributed by atoms with Crippen molar-refractivity contribution in [1.29, 1.82) is 0 Å². The molecule has 0 saturated carbocycles. The number of rotatable bonds is 6. The molecular formula is C6H12F2N2OS. The van der Waals surface area contributed by atoms with Crippen LogP contribution in [-0.4, -0.2) is 47.7 Å². The van der Waals surface area contributed by atoms with E-state index in [-0.39, 0.29) is 24.7 Å². The van der Waals surface area contributed by atoms with Gasteiger partial charge in [-0.1, -0.05) is 12.2 Å². The Morgan fingerprint density at radius 3 is 2.50 bits per heavy atom.